The van der Waals surface area contributed by atoms with Crippen LogP contribution in [-0.4, -0.2) is 25.3 Å². The summed E-state index contributed by atoms with van der Waals surface area (Å²) in [5.41, 5.74) is 3.86. The van der Waals surface area contributed by atoms with E-state index in [9.17, 15) is 5.11 Å². The number of phenols is 1. The lowest BCUT2D eigenvalue weighted by Crippen LogP contribution is -2.48. The second-order valence-electron chi connectivity index (χ2n) is 10.9. The predicted octanol–water partition coefficient (Wildman–Crippen LogP) is 7.03. The fourth-order valence-corrected chi connectivity index (χ4v) is 7.35. The normalized spacial score (nSPS) is 28.4. The van der Waals surface area contributed by atoms with Crippen molar-refractivity contribution in [3.63, 3.8) is 0 Å². The van der Waals surface area contributed by atoms with Gasteiger partial charge in [-0.1, -0.05) is 24.3 Å². The van der Waals surface area contributed by atoms with Gasteiger partial charge in [-0.2, -0.15) is 0 Å². The van der Waals surface area contributed by atoms with E-state index < -0.39 is 0 Å². The van der Waals surface area contributed by atoms with Gasteiger partial charge < -0.3 is 19.3 Å². The predicted molar refractivity (Wildman–Crippen MR) is 134 cm³/mol. The molecule has 4 saturated carbocycles. The maximum Gasteiger partial charge on any atom is 0.191 e. The lowest BCUT2D eigenvalue weighted by molar-refractivity contribution is -0.150. The molecule has 0 heterocycles. The smallest absolute Gasteiger partial charge is 0.191 e. The second-order valence-corrected chi connectivity index (χ2v) is 10.9. The fraction of sp³-hybridized carbons (Fsp3) is 0.467. The highest BCUT2D eigenvalue weighted by atomic mass is 16.7. The van der Waals surface area contributed by atoms with Gasteiger partial charge in [0.05, 0.1) is 0 Å². The number of methoxy groups -OCH3 is 1. The van der Waals surface area contributed by atoms with Gasteiger partial charge in [-0.25, -0.2) is 0 Å². The maximum atomic E-state index is 9.68. The third kappa shape index (κ3) is 3.97. The van der Waals surface area contributed by atoms with Gasteiger partial charge in [-0.05, 0) is 121 Å². The number of ether oxygens (including phenoxy) is 3. The van der Waals surface area contributed by atoms with E-state index >= 15 is 0 Å². The first-order valence-corrected chi connectivity index (χ1v) is 12.7. The summed E-state index contributed by atoms with van der Waals surface area (Å²) in [5, 5.41) is 12.1. The minimum atomic E-state index is -0.295. The number of aromatic hydroxyl groups is 1. The van der Waals surface area contributed by atoms with Crippen LogP contribution in [0, 0.1) is 17.8 Å². The van der Waals surface area contributed by atoms with E-state index in [0.717, 1.165) is 34.6 Å². The lowest BCUT2D eigenvalue weighted by Gasteiger charge is -2.57. The molecule has 34 heavy (non-hydrogen) atoms. The van der Waals surface area contributed by atoms with E-state index in [1.54, 1.807) is 19.2 Å². The van der Waals surface area contributed by atoms with Crippen LogP contribution in [0.4, 0.5) is 0 Å². The molecular weight excluding hydrogens is 424 g/mol. The maximum absolute atomic E-state index is 9.68. The molecule has 0 spiro atoms. The SMILES string of the molecule is COC(C)OCOc1cc2ccc(-c3ccc(O)cc3)cc2cc1C12CC3CC(CC(C3)C1)C2. The van der Waals surface area contributed by atoms with Gasteiger partial charge in [0.15, 0.2) is 13.1 Å². The average Bonchev–Trinajstić information content (AvgIpc) is 2.83. The summed E-state index contributed by atoms with van der Waals surface area (Å²) in [6.45, 7) is 2.07. The Morgan fingerprint density at radius 1 is 0.853 bits per heavy atom. The Hall–Kier alpha value is -2.56. The van der Waals surface area contributed by atoms with Crippen molar-refractivity contribution in [2.45, 2.75) is 57.2 Å². The minimum absolute atomic E-state index is 0.186. The fourth-order valence-electron chi connectivity index (χ4n) is 7.35. The van der Waals surface area contributed by atoms with Crippen molar-refractivity contribution in [3.05, 3.63) is 60.2 Å². The zero-order chi connectivity index (χ0) is 23.3. The van der Waals surface area contributed by atoms with Crippen molar-refractivity contribution in [2.24, 2.45) is 17.8 Å². The van der Waals surface area contributed by atoms with Gasteiger partial charge in [0, 0.05) is 12.7 Å². The Labute approximate surface area is 201 Å². The first kappa shape index (κ1) is 21.9. The molecule has 4 bridgehead atoms. The van der Waals surface area contributed by atoms with Crippen molar-refractivity contribution >= 4 is 10.8 Å². The summed E-state index contributed by atoms with van der Waals surface area (Å²) in [7, 11) is 1.65. The standard InChI is InChI=1S/C30H34O4/c1-19(32-2)33-18-34-29-14-25-4-3-24(23-5-7-27(31)8-6-23)12-26(25)13-28(29)30-15-20-9-21(16-30)11-22(10-20)17-30/h3-8,12-14,19-22,31H,9-11,15-18H2,1-2H3. The van der Waals surface area contributed by atoms with Crippen LogP contribution in [-0.2, 0) is 14.9 Å². The van der Waals surface area contributed by atoms with Crippen molar-refractivity contribution in [1.29, 1.82) is 0 Å². The molecule has 4 nitrogen and oxygen atoms in total. The van der Waals surface area contributed by atoms with Crippen LogP contribution in [0.5, 0.6) is 11.5 Å². The van der Waals surface area contributed by atoms with Gasteiger partial charge in [0.1, 0.15) is 11.5 Å². The molecule has 1 atom stereocenters. The number of phenolic OH excluding ortho intramolecular Hbond substituents is 1. The zero-order valence-electron chi connectivity index (χ0n) is 20.1. The Kier molecular flexibility index (Phi) is 5.54. The molecule has 0 aliphatic heterocycles. The van der Waals surface area contributed by atoms with E-state index in [-0.39, 0.29) is 18.5 Å². The molecule has 1 unspecified atom stereocenters. The van der Waals surface area contributed by atoms with Gasteiger partial charge >= 0.3 is 0 Å². The van der Waals surface area contributed by atoms with Crippen molar-refractivity contribution < 1.29 is 19.3 Å². The summed E-state index contributed by atoms with van der Waals surface area (Å²) in [5.74, 6) is 3.85. The van der Waals surface area contributed by atoms with Gasteiger partial charge in [-0.3, -0.25) is 0 Å². The molecule has 0 saturated heterocycles. The van der Waals surface area contributed by atoms with E-state index in [0.29, 0.717) is 5.75 Å². The first-order valence-electron chi connectivity index (χ1n) is 12.7. The summed E-state index contributed by atoms with van der Waals surface area (Å²) < 4.78 is 17.2. The first-order chi connectivity index (χ1) is 16.5. The molecule has 0 amide bonds. The van der Waals surface area contributed by atoms with Crippen LogP contribution >= 0.6 is 0 Å². The third-order valence-corrected chi connectivity index (χ3v) is 8.60. The molecule has 178 valence electrons. The molecule has 0 aromatic heterocycles. The van der Waals surface area contributed by atoms with Crippen LogP contribution in [0.25, 0.3) is 21.9 Å². The Bertz CT molecular complexity index is 1150. The largest absolute Gasteiger partial charge is 0.508 e. The highest BCUT2D eigenvalue weighted by Crippen LogP contribution is 2.62. The monoisotopic (exact) mass is 458 g/mol. The molecule has 4 fully saturated rings. The number of hydrogen-bond donors (Lipinski definition) is 1. The highest BCUT2D eigenvalue weighted by molar-refractivity contribution is 5.89. The van der Waals surface area contributed by atoms with E-state index in [2.05, 4.69) is 30.3 Å². The van der Waals surface area contributed by atoms with Crippen LogP contribution in [0.1, 0.15) is 51.0 Å². The summed E-state index contributed by atoms with van der Waals surface area (Å²) in [6.07, 6.45) is 7.82. The number of rotatable bonds is 7. The molecule has 7 rings (SSSR count). The van der Waals surface area contributed by atoms with E-state index in [1.807, 2.05) is 19.1 Å². The van der Waals surface area contributed by atoms with Gasteiger partial charge in [-0.15, -0.1) is 0 Å². The molecule has 4 heteroatoms. The second kappa shape index (κ2) is 8.58. The van der Waals surface area contributed by atoms with Crippen molar-refractivity contribution in [1.82, 2.24) is 0 Å². The molecule has 0 radical (unpaired) electrons. The topological polar surface area (TPSA) is 47.9 Å². The number of benzene rings is 3. The third-order valence-electron chi connectivity index (χ3n) is 8.60. The minimum Gasteiger partial charge on any atom is -0.508 e. The Balaban J connectivity index is 1.41. The average molecular weight is 459 g/mol. The van der Waals surface area contributed by atoms with Gasteiger partial charge in [0.25, 0.3) is 0 Å². The quantitative estimate of drug-likeness (QED) is 0.386. The summed E-state index contributed by atoms with van der Waals surface area (Å²) in [4.78, 5) is 0. The summed E-state index contributed by atoms with van der Waals surface area (Å²) >= 11 is 0. The molecular formula is C30H34O4. The van der Waals surface area contributed by atoms with E-state index in [4.69, 9.17) is 14.2 Å². The molecule has 1 N–H and O–H groups in total. The lowest BCUT2D eigenvalue weighted by atomic mass is 9.48. The van der Waals surface area contributed by atoms with Crippen LogP contribution < -0.4 is 4.74 Å². The molecule has 3 aromatic carbocycles. The zero-order valence-corrected chi connectivity index (χ0v) is 20.1. The molecule has 4 aliphatic rings. The van der Waals surface area contributed by atoms with Crippen LogP contribution in [0.3, 0.4) is 0 Å². The Morgan fingerprint density at radius 3 is 2.15 bits per heavy atom. The summed E-state index contributed by atoms with van der Waals surface area (Å²) in [6, 6.07) is 18.7. The molecule has 3 aromatic rings. The van der Waals surface area contributed by atoms with Crippen molar-refractivity contribution in [2.75, 3.05) is 13.9 Å². The molecule has 4 aliphatic carbocycles. The number of hydrogen-bond acceptors (Lipinski definition) is 4. The van der Waals surface area contributed by atoms with Crippen LogP contribution in [0.15, 0.2) is 54.6 Å². The van der Waals surface area contributed by atoms with Crippen molar-refractivity contribution in [3.8, 4) is 22.6 Å². The Morgan fingerprint density at radius 2 is 1.50 bits per heavy atom. The highest BCUT2D eigenvalue weighted by Gasteiger charge is 2.52. The number of fused-ring (bicyclic) bond motifs is 1. The van der Waals surface area contributed by atoms with Gasteiger partial charge in [0.2, 0.25) is 0 Å². The van der Waals surface area contributed by atoms with E-state index in [1.165, 1.54) is 54.9 Å². The van der Waals surface area contributed by atoms with Crippen LogP contribution in [0.2, 0.25) is 0 Å².